The highest BCUT2D eigenvalue weighted by molar-refractivity contribution is 7.10. The maximum atomic E-state index is 12.4. The molecule has 1 aliphatic heterocycles. The minimum atomic E-state index is 0.198. The van der Waals surface area contributed by atoms with E-state index in [2.05, 4.69) is 10.3 Å². The molecule has 1 amide bonds. The second kappa shape index (κ2) is 6.57. The summed E-state index contributed by atoms with van der Waals surface area (Å²) in [5, 5.41) is 10.6. The average molecular weight is 338 g/mol. The van der Waals surface area contributed by atoms with Crippen LogP contribution in [0.25, 0.3) is 11.3 Å². The van der Waals surface area contributed by atoms with Gasteiger partial charge in [-0.2, -0.15) is 0 Å². The molecule has 6 heteroatoms. The van der Waals surface area contributed by atoms with Gasteiger partial charge in [0, 0.05) is 23.5 Å². The Balaban J connectivity index is 1.42. The van der Waals surface area contributed by atoms with Crippen LogP contribution in [0.15, 0.2) is 54.0 Å². The van der Waals surface area contributed by atoms with Crippen LogP contribution in [-0.4, -0.2) is 38.9 Å². The van der Waals surface area contributed by atoms with Crippen molar-refractivity contribution in [1.29, 1.82) is 0 Å². The molecule has 3 aromatic rings. The van der Waals surface area contributed by atoms with Crippen LogP contribution in [0.4, 0.5) is 0 Å². The van der Waals surface area contributed by atoms with Gasteiger partial charge < -0.3 is 4.90 Å². The molecule has 5 nitrogen and oxygen atoms in total. The predicted molar refractivity (Wildman–Crippen MR) is 93.7 cm³/mol. The number of benzene rings is 1. The Labute approximate surface area is 144 Å². The number of carbonyl (C=O) groups is 1. The first kappa shape index (κ1) is 15.1. The molecular weight excluding hydrogens is 320 g/mol. The van der Waals surface area contributed by atoms with Crippen LogP contribution in [0.2, 0.25) is 0 Å². The van der Waals surface area contributed by atoms with Gasteiger partial charge in [0.1, 0.15) is 5.69 Å². The van der Waals surface area contributed by atoms with Crippen LogP contribution in [0.5, 0.6) is 0 Å². The Morgan fingerprint density at radius 1 is 1.21 bits per heavy atom. The first-order valence-electron chi connectivity index (χ1n) is 8.07. The van der Waals surface area contributed by atoms with Gasteiger partial charge in [-0.25, -0.2) is 4.68 Å². The van der Waals surface area contributed by atoms with E-state index in [1.54, 1.807) is 11.3 Å². The zero-order valence-corrected chi connectivity index (χ0v) is 14.0. The molecule has 4 rings (SSSR count). The van der Waals surface area contributed by atoms with Crippen molar-refractivity contribution in [3.8, 4) is 11.3 Å². The molecule has 0 saturated carbocycles. The topological polar surface area (TPSA) is 51.0 Å². The fraction of sp³-hybridized carbons (Fsp3) is 0.278. The molecule has 1 aliphatic rings. The third-order valence-electron chi connectivity index (χ3n) is 4.38. The zero-order valence-electron chi connectivity index (χ0n) is 13.2. The van der Waals surface area contributed by atoms with Crippen molar-refractivity contribution < 1.29 is 4.79 Å². The van der Waals surface area contributed by atoms with Crippen molar-refractivity contribution in [2.24, 2.45) is 0 Å². The predicted octanol–water partition coefficient (Wildman–Crippen LogP) is 3.02. The Bertz CT molecular complexity index is 813. The van der Waals surface area contributed by atoms with Gasteiger partial charge in [-0.05, 0) is 17.9 Å². The van der Waals surface area contributed by atoms with E-state index in [-0.39, 0.29) is 11.9 Å². The summed E-state index contributed by atoms with van der Waals surface area (Å²) in [4.78, 5) is 15.5. The number of aromatic nitrogens is 3. The largest absolute Gasteiger partial charge is 0.340 e. The van der Waals surface area contributed by atoms with Crippen LogP contribution in [0.3, 0.4) is 0 Å². The number of hydrogen-bond acceptors (Lipinski definition) is 4. The SMILES string of the molecule is O=C(Cc1cccs1)N1CCC(n2cc(-c3ccccc3)nn2)C1. The molecule has 1 atom stereocenters. The molecule has 1 aromatic carbocycles. The molecule has 0 bridgehead atoms. The smallest absolute Gasteiger partial charge is 0.227 e. The van der Waals surface area contributed by atoms with Gasteiger partial charge in [-0.1, -0.05) is 41.6 Å². The van der Waals surface area contributed by atoms with Gasteiger partial charge in [0.15, 0.2) is 0 Å². The summed E-state index contributed by atoms with van der Waals surface area (Å²) in [6.07, 6.45) is 3.40. The Morgan fingerprint density at radius 2 is 2.08 bits per heavy atom. The molecule has 0 radical (unpaired) electrons. The second-order valence-corrected chi connectivity index (χ2v) is 7.02. The van der Waals surface area contributed by atoms with E-state index in [9.17, 15) is 4.79 Å². The number of nitrogens with zero attached hydrogens (tertiary/aromatic N) is 4. The molecule has 1 fully saturated rings. The minimum absolute atomic E-state index is 0.198. The minimum Gasteiger partial charge on any atom is -0.340 e. The zero-order chi connectivity index (χ0) is 16.4. The molecule has 24 heavy (non-hydrogen) atoms. The van der Waals surface area contributed by atoms with Gasteiger partial charge >= 0.3 is 0 Å². The van der Waals surface area contributed by atoms with Crippen molar-refractivity contribution in [3.05, 3.63) is 58.9 Å². The van der Waals surface area contributed by atoms with E-state index in [1.165, 1.54) is 0 Å². The van der Waals surface area contributed by atoms with Gasteiger partial charge in [-0.15, -0.1) is 16.4 Å². The molecule has 0 N–H and O–H groups in total. The van der Waals surface area contributed by atoms with Gasteiger partial charge in [0.2, 0.25) is 5.91 Å². The summed E-state index contributed by atoms with van der Waals surface area (Å²) in [5.41, 5.74) is 1.94. The van der Waals surface area contributed by atoms with E-state index in [0.717, 1.165) is 29.1 Å². The summed E-state index contributed by atoms with van der Waals surface area (Å²) in [6.45, 7) is 1.50. The van der Waals surface area contributed by atoms with Crippen molar-refractivity contribution in [2.45, 2.75) is 18.9 Å². The number of likely N-dealkylation sites (tertiary alicyclic amines) is 1. The quantitative estimate of drug-likeness (QED) is 0.735. The maximum Gasteiger partial charge on any atom is 0.227 e. The summed E-state index contributed by atoms with van der Waals surface area (Å²) in [5.74, 6) is 0.198. The van der Waals surface area contributed by atoms with Crippen molar-refractivity contribution >= 4 is 17.2 Å². The number of amides is 1. The highest BCUT2D eigenvalue weighted by Gasteiger charge is 2.28. The molecule has 0 spiro atoms. The normalized spacial score (nSPS) is 17.3. The average Bonchev–Trinajstić information content (AvgIpc) is 3.36. The summed E-state index contributed by atoms with van der Waals surface area (Å²) in [6, 6.07) is 14.2. The van der Waals surface area contributed by atoms with Gasteiger partial charge in [-0.3, -0.25) is 4.79 Å². The van der Waals surface area contributed by atoms with E-state index in [0.29, 0.717) is 13.0 Å². The Hall–Kier alpha value is -2.47. The van der Waals surface area contributed by atoms with Crippen molar-refractivity contribution in [1.82, 2.24) is 19.9 Å². The van der Waals surface area contributed by atoms with Crippen LogP contribution >= 0.6 is 11.3 Å². The molecule has 1 saturated heterocycles. The van der Waals surface area contributed by atoms with Crippen LogP contribution in [0.1, 0.15) is 17.3 Å². The highest BCUT2D eigenvalue weighted by Crippen LogP contribution is 2.24. The van der Waals surface area contributed by atoms with Crippen molar-refractivity contribution in [3.63, 3.8) is 0 Å². The van der Waals surface area contributed by atoms with E-state index in [1.807, 2.05) is 63.6 Å². The Morgan fingerprint density at radius 3 is 2.88 bits per heavy atom. The van der Waals surface area contributed by atoms with Gasteiger partial charge in [0.25, 0.3) is 0 Å². The van der Waals surface area contributed by atoms with Crippen LogP contribution < -0.4 is 0 Å². The standard InChI is InChI=1S/C18H18N4OS/c23-18(11-16-7-4-10-24-16)21-9-8-15(12-21)22-13-17(19-20-22)14-5-2-1-3-6-14/h1-7,10,13,15H,8-9,11-12H2. The van der Waals surface area contributed by atoms with E-state index >= 15 is 0 Å². The lowest BCUT2D eigenvalue weighted by Crippen LogP contribution is -2.30. The molecular formula is C18H18N4OS. The molecule has 0 aliphatic carbocycles. The van der Waals surface area contributed by atoms with E-state index < -0.39 is 0 Å². The summed E-state index contributed by atoms with van der Waals surface area (Å²) < 4.78 is 1.90. The number of rotatable bonds is 4. The summed E-state index contributed by atoms with van der Waals surface area (Å²) in [7, 11) is 0. The first-order chi connectivity index (χ1) is 11.8. The lowest BCUT2D eigenvalue weighted by molar-refractivity contribution is -0.129. The van der Waals surface area contributed by atoms with Gasteiger partial charge in [0.05, 0.1) is 18.7 Å². The lowest BCUT2D eigenvalue weighted by Gasteiger charge is -2.16. The molecule has 3 heterocycles. The van der Waals surface area contributed by atoms with Crippen LogP contribution in [-0.2, 0) is 11.2 Å². The third-order valence-corrected chi connectivity index (χ3v) is 5.25. The lowest BCUT2D eigenvalue weighted by atomic mass is 10.2. The molecule has 122 valence electrons. The fourth-order valence-electron chi connectivity index (χ4n) is 3.05. The number of hydrogen-bond donors (Lipinski definition) is 0. The third kappa shape index (κ3) is 3.10. The first-order valence-corrected chi connectivity index (χ1v) is 8.95. The van der Waals surface area contributed by atoms with Crippen molar-refractivity contribution in [2.75, 3.05) is 13.1 Å². The Kier molecular flexibility index (Phi) is 4.13. The highest BCUT2D eigenvalue weighted by atomic mass is 32.1. The number of carbonyl (C=O) groups excluding carboxylic acids is 1. The molecule has 1 unspecified atom stereocenters. The van der Waals surface area contributed by atoms with Crippen LogP contribution in [0, 0.1) is 0 Å². The monoisotopic (exact) mass is 338 g/mol. The number of thiophene rings is 1. The molecule has 2 aromatic heterocycles. The second-order valence-electron chi connectivity index (χ2n) is 5.99. The van der Waals surface area contributed by atoms with E-state index in [4.69, 9.17) is 0 Å². The fourth-order valence-corrected chi connectivity index (χ4v) is 3.75. The summed E-state index contributed by atoms with van der Waals surface area (Å²) >= 11 is 1.63. The maximum absolute atomic E-state index is 12.4.